The highest BCUT2D eigenvalue weighted by Crippen LogP contribution is 2.24. The SMILES string of the molecule is COc1cccc(-c2cccc(C(=O)N(C)C)c2)c1. The van der Waals surface area contributed by atoms with E-state index in [1.165, 1.54) is 0 Å². The molecule has 2 rings (SSSR count). The van der Waals surface area contributed by atoms with Gasteiger partial charge in [-0.25, -0.2) is 0 Å². The Bertz CT molecular complexity index is 591. The van der Waals surface area contributed by atoms with Crippen molar-refractivity contribution in [2.24, 2.45) is 0 Å². The van der Waals surface area contributed by atoms with E-state index in [4.69, 9.17) is 4.74 Å². The number of hydrogen-bond acceptors (Lipinski definition) is 2. The standard InChI is InChI=1S/C16H17NO2/c1-17(2)16(18)14-8-4-6-12(10-14)13-7-5-9-15(11-13)19-3/h4-11H,1-3H3. The number of hydrogen-bond donors (Lipinski definition) is 0. The van der Waals surface area contributed by atoms with Crippen LogP contribution in [0.3, 0.4) is 0 Å². The molecule has 0 aliphatic heterocycles. The van der Waals surface area contributed by atoms with Crippen molar-refractivity contribution < 1.29 is 9.53 Å². The van der Waals surface area contributed by atoms with Gasteiger partial charge in [-0.1, -0.05) is 24.3 Å². The summed E-state index contributed by atoms with van der Waals surface area (Å²) in [7, 11) is 5.15. The molecule has 0 aliphatic carbocycles. The first kappa shape index (κ1) is 13.1. The summed E-state index contributed by atoms with van der Waals surface area (Å²) >= 11 is 0. The van der Waals surface area contributed by atoms with E-state index in [0.717, 1.165) is 16.9 Å². The maximum Gasteiger partial charge on any atom is 0.253 e. The van der Waals surface area contributed by atoms with Gasteiger partial charge in [0.1, 0.15) is 5.75 Å². The summed E-state index contributed by atoms with van der Waals surface area (Å²) in [6.45, 7) is 0. The molecule has 0 unspecified atom stereocenters. The third kappa shape index (κ3) is 2.94. The van der Waals surface area contributed by atoms with E-state index >= 15 is 0 Å². The Hall–Kier alpha value is -2.29. The summed E-state index contributed by atoms with van der Waals surface area (Å²) in [5, 5.41) is 0. The molecule has 0 saturated carbocycles. The Kier molecular flexibility index (Phi) is 3.85. The van der Waals surface area contributed by atoms with Crippen molar-refractivity contribution in [2.75, 3.05) is 21.2 Å². The maximum atomic E-state index is 12.0. The van der Waals surface area contributed by atoms with Crippen LogP contribution in [0.15, 0.2) is 48.5 Å². The van der Waals surface area contributed by atoms with Gasteiger partial charge < -0.3 is 9.64 Å². The summed E-state index contributed by atoms with van der Waals surface area (Å²) < 4.78 is 5.22. The van der Waals surface area contributed by atoms with E-state index in [2.05, 4.69) is 0 Å². The highest BCUT2D eigenvalue weighted by Gasteiger charge is 2.09. The molecule has 3 nitrogen and oxygen atoms in total. The Morgan fingerprint density at radius 3 is 2.26 bits per heavy atom. The molecule has 0 N–H and O–H groups in total. The molecule has 98 valence electrons. The van der Waals surface area contributed by atoms with Crippen LogP contribution in [0.5, 0.6) is 5.75 Å². The minimum atomic E-state index is 0.00439. The third-order valence-corrected chi connectivity index (χ3v) is 2.92. The topological polar surface area (TPSA) is 29.5 Å². The average molecular weight is 255 g/mol. The minimum Gasteiger partial charge on any atom is -0.497 e. The highest BCUT2D eigenvalue weighted by atomic mass is 16.5. The van der Waals surface area contributed by atoms with Gasteiger partial charge in [-0.05, 0) is 35.4 Å². The molecule has 2 aromatic rings. The fourth-order valence-corrected chi connectivity index (χ4v) is 1.89. The van der Waals surface area contributed by atoms with Gasteiger partial charge in [-0.2, -0.15) is 0 Å². The molecule has 0 aromatic heterocycles. The van der Waals surface area contributed by atoms with Crippen molar-refractivity contribution in [3.05, 3.63) is 54.1 Å². The minimum absolute atomic E-state index is 0.00439. The van der Waals surface area contributed by atoms with Crippen LogP contribution in [0.25, 0.3) is 11.1 Å². The molecule has 0 saturated heterocycles. The van der Waals surface area contributed by atoms with Crippen molar-refractivity contribution >= 4 is 5.91 Å². The van der Waals surface area contributed by atoms with E-state index < -0.39 is 0 Å². The lowest BCUT2D eigenvalue weighted by atomic mass is 10.0. The first-order chi connectivity index (χ1) is 9.11. The molecule has 0 aliphatic rings. The zero-order valence-electron chi connectivity index (χ0n) is 11.4. The number of carbonyl (C=O) groups excluding carboxylic acids is 1. The van der Waals surface area contributed by atoms with Crippen molar-refractivity contribution in [3.8, 4) is 16.9 Å². The summed E-state index contributed by atoms with van der Waals surface area (Å²) in [4.78, 5) is 13.5. The van der Waals surface area contributed by atoms with Gasteiger partial charge in [-0.3, -0.25) is 4.79 Å². The number of methoxy groups -OCH3 is 1. The monoisotopic (exact) mass is 255 g/mol. The molecule has 1 amide bonds. The first-order valence-electron chi connectivity index (χ1n) is 6.08. The largest absolute Gasteiger partial charge is 0.497 e. The number of amides is 1. The zero-order valence-corrected chi connectivity index (χ0v) is 11.4. The average Bonchev–Trinajstić information content (AvgIpc) is 2.46. The van der Waals surface area contributed by atoms with E-state index in [1.807, 2.05) is 48.5 Å². The number of benzene rings is 2. The number of nitrogens with zero attached hydrogens (tertiary/aromatic N) is 1. The maximum absolute atomic E-state index is 12.0. The van der Waals surface area contributed by atoms with Crippen LogP contribution in [0.1, 0.15) is 10.4 Å². The molecule has 2 aromatic carbocycles. The molecular formula is C16H17NO2. The predicted molar refractivity (Wildman–Crippen MR) is 76.4 cm³/mol. The number of rotatable bonds is 3. The Balaban J connectivity index is 2.40. The van der Waals surface area contributed by atoms with Gasteiger partial charge in [0.25, 0.3) is 5.91 Å². The van der Waals surface area contributed by atoms with E-state index in [0.29, 0.717) is 5.56 Å². The number of ether oxygens (including phenoxy) is 1. The predicted octanol–water partition coefficient (Wildman–Crippen LogP) is 3.06. The third-order valence-electron chi connectivity index (χ3n) is 2.92. The molecule has 0 heterocycles. The van der Waals surface area contributed by atoms with Crippen LogP contribution in [-0.4, -0.2) is 32.0 Å². The summed E-state index contributed by atoms with van der Waals surface area (Å²) in [5.41, 5.74) is 2.73. The lowest BCUT2D eigenvalue weighted by Crippen LogP contribution is -2.21. The Labute approximate surface area is 113 Å². The van der Waals surface area contributed by atoms with Crippen LogP contribution >= 0.6 is 0 Å². The molecule has 0 atom stereocenters. The first-order valence-corrected chi connectivity index (χ1v) is 6.08. The van der Waals surface area contributed by atoms with Gasteiger partial charge in [0, 0.05) is 19.7 Å². The quantitative estimate of drug-likeness (QED) is 0.843. The van der Waals surface area contributed by atoms with Gasteiger partial charge in [0.2, 0.25) is 0 Å². The van der Waals surface area contributed by atoms with Crippen LogP contribution in [0.2, 0.25) is 0 Å². The van der Waals surface area contributed by atoms with Crippen molar-refractivity contribution in [3.63, 3.8) is 0 Å². The lowest BCUT2D eigenvalue weighted by Gasteiger charge is -2.11. The van der Waals surface area contributed by atoms with E-state index in [9.17, 15) is 4.79 Å². The number of carbonyl (C=O) groups is 1. The molecular weight excluding hydrogens is 238 g/mol. The smallest absolute Gasteiger partial charge is 0.253 e. The van der Waals surface area contributed by atoms with Gasteiger partial charge in [0.15, 0.2) is 0 Å². The second-order valence-electron chi connectivity index (χ2n) is 4.51. The second kappa shape index (κ2) is 5.57. The zero-order chi connectivity index (χ0) is 13.8. The molecule has 3 heteroatoms. The van der Waals surface area contributed by atoms with Crippen LogP contribution in [0.4, 0.5) is 0 Å². The Morgan fingerprint density at radius 1 is 1.00 bits per heavy atom. The summed E-state index contributed by atoms with van der Waals surface area (Å²) in [6.07, 6.45) is 0. The van der Waals surface area contributed by atoms with E-state index in [1.54, 1.807) is 26.1 Å². The fourth-order valence-electron chi connectivity index (χ4n) is 1.89. The summed E-state index contributed by atoms with van der Waals surface area (Å²) in [5.74, 6) is 0.812. The summed E-state index contributed by atoms with van der Waals surface area (Å²) in [6, 6.07) is 15.4. The normalized spacial score (nSPS) is 10.1. The van der Waals surface area contributed by atoms with Gasteiger partial charge >= 0.3 is 0 Å². The molecule has 0 bridgehead atoms. The molecule has 0 radical (unpaired) electrons. The Morgan fingerprint density at radius 2 is 1.63 bits per heavy atom. The molecule has 0 spiro atoms. The fraction of sp³-hybridized carbons (Fsp3) is 0.188. The van der Waals surface area contributed by atoms with Crippen LogP contribution < -0.4 is 4.74 Å². The van der Waals surface area contributed by atoms with Crippen molar-refractivity contribution in [1.82, 2.24) is 4.90 Å². The molecule has 19 heavy (non-hydrogen) atoms. The van der Waals surface area contributed by atoms with Gasteiger partial charge in [0.05, 0.1) is 7.11 Å². The van der Waals surface area contributed by atoms with Crippen molar-refractivity contribution in [2.45, 2.75) is 0 Å². The van der Waals surface area contributed by atoms with Gasteiger partial charge in [-0.15, -0.1) is 0 Å². The highest BCUT2D eigenvalue weighted by molar-refractivity contribution is 5.95. The lowest BCUT2D eigenvalue weighted by molar-refractivity contribution is 0.0827. The second-order valence-corrected chi connectivity index (χ2v) is 4.51. The van der Waals surface area contributed by atoms with Crippen LogP contribution in [0, 0.1) is 0 Å². The van der Waals surface area contributed by atoms with Crippen molar-refractivity contribution in [1.29, 1.82) is 0 Å². The van der Waals surface area contributed by atoms with Crippen LogP contribution in [-0.2, 0) is 0 Å². The molecule has 0 fully saturated rings. The van der Waals surface area contributed by atoms with E-state index in [-0.39, 0.29) is 5.91 Å².